The maximum atomic E-state index is 13.2. The van der Waals surface area contributed by atoms with Crippen molar-refractivity contribution in [2.45, 2.75) is 32.8 Å². The minimum atomic E-state index is -0.957. The van der Waals surface area contributed by atoms with Crippen LogP contribution in [0.3, 0.4) is 0 Å². The molecule has 0 saturated heterocycles. The number of aromatic carboxylic acids is 1. The lowest BCUT2D eigenvalue weighted by Gasteiger charge is -2.10. The van der Waals surface area contributed by atoms with Crippen molar-refractivity contribution in [3.8, 4) is 5.75 Å². The van der Waals surface area contributed by atoms with E-state index in [0.29, 0.717) is 35.5 Å². The molecule has 1 heterocycles. The van der Waals surface area contributed by atoms with Crippen LogP contribution in [-0.4, -0.2) is 27.0 Å². The Morgan fingerprint density at radius 2 is 1.94 bits per heavy atom. The van der Waals surface area contributed by atoms with Gasteiger partial charge in [-0.3, -0.25) is 4.79 Å². The summed E-state index contributed by atoms with van der Waals surface area (Å²) < 4.78 is 9.01. The number of aryl methyl sites for hydroxylation is 1. The molecule has 0 radical (unpaired) electrons. The number of carboxylic acid groups (broad SMARTS) is 1. The van der Waals surface area contributed by atoms with Gasteiger partial charge in [-0.05, 0) is 88.7 Å². The molecule has 0 aliphatic carbocycles. The van der Waals surface area contributed by atoms with E-state index < -0.39 is 5.97 Å². The molecule has 0 bridgehead atoms. The Hall–Kier alpha value is -3.05. The average molecular weight is 660 g/mol. The first kappa shape index (κ1) is 26.0. The number of fused-ring (bicyclic) bond motifs is 1. The van der Waals surface area contributed by atoms with E-state index in [9.17, 15) is 9.59 Å². The van der Waals surface area contributed by atoms with Crippen LogP contribution in [0, 0.1) is 3.57 Å². The Morgan fingerprint density at radius 3 is 2.64 bits per heavy atom. The normalized spacial score (nSPS) is 11.3. The lowest BCUT2D eigenvalue weighted by molar-refractivity contribution is 0.0697. The molecule has 1 N–H and O–H groups in total. The highest BCUT2D eigenvalue weighted by molar-refractivity contribution is 14.1. The minimum absolute atomic E-state index is 0.202. The van der Waals surface area contributed by atoms with Gasteiger partial charge in [0.15, 0.2) is 0 Å². The highest BCUT2D eigenvalue weighted by Crippen LogP contribution is 2.23. The number of ether oxygens (including phenoxy) is 1. The highest BCUT2D eigenvalue weighted by atomic mass is 127. The van der Waals surface area contributed by atoms with Gasteiger partial charge in [0.05, 0.1) is 26.3 Å². The van der Waals surface area contributed by atoms with Crippen LogP contribution in [0.25, 0.3) is 10.9 Å². The third-order valence-corrected chi connectivity index (χ3v) is 6.84. The number of hydrogen-bond donors (Lipinski definition) is 1. The molecule has 0 saturated carbocycles. The van der Waals surface area contributed by atoms with Gasteiger partial charge in [-0.1, -0.05) is 41.4 Å². The molecule has 36 heavy (non-hydrogen) atoms. The van der Waals surface area contributed by atoms with E-state index in [-0.39, 0.29) is 11.1 Å². The number of benzene rings is 3. The SMILES string of the molecule is CCCCc1nc2ccc(Br)cc2c(=O)n1N=Cc1ccc(OCc2ccc(C(=O)O)cc2)c(I)c1. The Balaban J connectivity index is 1.55. The summed E-state index contributed by atoms with van der Waals surface area (Å²) >= 11 is 5.62. The van der Waals surface area contributed by atoms with Gasteiger partial charge in [0.2, 0.25) is 0 Å². The van der Waals surface area contributed by atoms with Crippen molar-refractivity contribution in [3.63, 3.8) is 0 Å². The zero-order chi connectivity index (χ0) is 25.7. The Labute approximate surface area is 230 Å². The van der Waals surface area contributed by atoms with E-state index in [2.05, 4.69) is 50.5 Å². The molecule has 0 spiro atoms. The summed E-state index contributed by atoms with van der Waals surface area (Å²) in [6.45, 7) is 2.42. The first-order chi connectivity index (χ1) is 17.4. The Bertz CT molecular complexity index is 1500. The Morgan fingerprint density at radius 1 is 1.17 bits per heavy atom. The summed E-state index contributed by atoms with van der Waals surface area (Å²) in [5.41, 5.74) is 2.39. The second-order valence-electron chi connectivity index (χ2n) is 8.14. The van der Waals surface area contributed by atoms with Gasteiger partial charge in [0, 0.05) is 10.9 Å². The van der Waals surface area contributed by atoms with Crippen LogP contribution in [0.2, 0.25) is 0 Å². The van der Waals surface area contributed by atoms with Crippen LogP contribution in [0.4, 0.5) is 0 Å². The molecule has 0 atom stereocenters. The number of aromatic nitrogens is 2. The second-order valence-corrected chi connectivity index (χ2v) is 10.2. The fourth-order valence-corrected chi connectivity index (χ4v) is 4.61. The summed E-state index contributed by atoms with van der Waals surface area (Å²) in [7, 11) is 0. The molecule has 7 nitrogen and oxygen atoms in total. The van der Waals surface area contributed by atoms with Gasteiger partial charge in [-0.2, -0.15) is 9.78 Å². The molecule has 4 rings (SSSR count). The van der Waals surface area contributed by atoms with E-state index in [0.717, 1.165) is 32.0 Å². The summed E-state index contributed by atoms with van der Waals surface area (Å²) in [5, 5.41) is 14.0. The topological polar surface area (TPSA) is 93.8 Å². The molecule has 0 amide bonds. The van der Waals surface area contributed by atoms with E-state index in [1.54, 1.807) is 36.5 Å². The van der Waals surface area contributed by atoms with Gasteiger partial charge in [0.25, 0.3) is 5.56 Å². The maximum Gasteiger partial charge on any atom is 0.335 e. The summed E-state index contributed by atoms with van der Waals surface area (Å²) in [6, 6.07) is 17.7. The van der Waals surface area contributed by atoms with Crippen molar-refractivity contribution in [2.75, 3.05) is 0 Å². The monoisotopic (exact) mass is 659 g/mol. The first-order valence-electron chi connectivity index (χ1n) is 11.4. The number of rotatable bonds is 9. The third kappa shape index (κ3) is 6.19. The molecule has 0 aliphatic rings. The maximum absolute atomic E-state index is 13.2. The molecule has 0 unspecified atom stereocenters. The zero-order valence-electron chi connectivity index (χ0n) is 19.4. The molecule has 0 fully saturated rings. The van der Waals surface area contributed by atoms with Crippen molar-refractivity contribution in [2.24, 2.45) is 5.10 Å². The largest absolute Gasteiger partial charge is 0.488 e. The van der Waals surface area contributed by atoms with Gasteiger partial charge < -0.3 is 9.84 Å². The van der Waals surface area contributed by atoms with Crippen LogP contribution < -0.4 is 10.3 Å². The van der Waals surface area contributed by atoms with Crippen LogP contribution in [-0.2, 0) is 13.0 Å². The molecule has 0 aliphatic heterocycles. The smallest absolute Gasteiger partial charge is 0.335 e. The lowest BCUT2D eigenvalue weighted by Crippen LogP contribution is -2.22. The standard InChI is InChI=1S/C27H23BrIN3O4/c1-2-3-4-25-31-23-11-10-20(28)14-21(23)26(33)32(25)30-15-18-7-12-24(22(29)13-18)36-16-17-5-8-19(9-6-17)27(34)35/h5-15H,2-4,16H2,1H3,(H,34,35). The second kappa shape index (κ2) is 11.8. The molecule has 9 heteroatoms. The minimum Gasteiger partial charge on any atom is -0.488 e. The van der Waals surface area contributed by atoms with Crippen molar-refractivity contribution >= 4 is 61.6 Å². The number of nitrogens with zero attached hydrogens (tertiary/aromatic N) is 3. The number of halogens is 2. The molecular formula is C27H23BrIN3O4. The zero-order valence-corrected chi connectivity index (χ0v) is 23.2. The number of carboxylic acids is 1. The summed E-state index contributed by atoms with van der Waals surface area (Å²) in [5.74, 6) is 0.380. The van der Waals surface area contributed by atoms with Crippen molar-refractivity contribution in [1.82, 2.24) is 9.66 Å². The van der Waals surface area contributed by atoms with E-state index in [4.69, 9.17) is 14.8 Å². The van der Waals surface area contributed by atoms with Gasteiger partial charge in [-0.15, -0.1) is 0 Å². The first-order valence-corrected chi connectivity index (χ1v) is 13.2. The number of carbonyl (C=O) groups is 1. The third-order valence-electron chi connectivity index (χ3n) is 5.50. The van der Waals surface area contributed by atoms with Crippen LogP contribution >= 0.6 is 38.5 Å². The number of unbranched alkanes of at least 4 members (excludes halogenated alkanes) is 1. The highest BCUT2D eigenvalue weighted by Gasteiger charge is 2.11. The lowest BCUT2D eigenvalue weighted by atomic mass is 10.1. The molecule has 4 aromatic rings. The van der Waals surface area contributed by atoms with Crippen molar-refractivity contribution in [1.29, 1.82) is 0 Å². The van der Waals surface area contributed by atoms with E-state index in [1.807, 2.05) is 30.3 Å². The molecule has 1 aromatic heterocycles. The van der Waals surface area contributed by atoms with Crippen molar-refractivity contribution in [3.05, 3.63) is 102 Å². The fraction of sp³-hybridized carbons (Fsp3) is 0.185. The van der Waals surface area contributed by atoms with Crippen molar-refractivity contribution < 1.29 is 14.6 Å². The van der Waals surface area contributed by atoms with Crippen LogP contribution in [0.1, 0.15) is 47.1 Å². The van der Waals surface area contributed by atoms with E-state index in [1.165, 1.54) is 4.68 Å². The number of hydrogen-bond acceptors (Lipinski definition) is 5. The fourth-order valence-electron chi connectivity index (χ4n) is 3.55. The predicted octanol–water partition coefficient (Wildman–Crippen LogP) is 6.27. The van der Waals surface area contributed by atoms with Gasteiger partial charge in [-0.25, -0.2) is 9.78 Å². The van der Waals surface area contributed by atoms with Gasteiger partial charge in [0.1, 0.15) is 18.2 Å². The summed E-state index contributed by atoms with van der Waals surface area (Å²) in [4.78, 5) is 28.9. The summed E-state index contributed by atoms with van der Waals surface area (Å²) in [6.07, 6.45) is 4.21. The quantitative estimate of drug-likeness (QED) is 0.169. The van der Waals surface area contributed by atoms with E-state index >= 15 is 0 Å². The molecule has 3 aromatic carbocycles. The average Bonchev–Trinajstić information content (AvgIpc) is 2.87. The molecular weight excluding hydrogens is 637 g/mol. The van der Waals surface area contributed by atoms with Gasteiger partial charge >= 0.3 is 5.97 Å². The van der Waals surface area contributed by atoms with Crippen LogP contribution in [0.5, 0.6) is 5.75 Å². The predicted molar refractivity (Wildman–Crippen MR) is 152 cm³/mol. The Kier molecular flexibility index (Phi) is 8.52. The molecule has 184 valence electrons. The van der Waals surface area contributed by atoms with Crippen LogP contribution in [0.15, 0.2) is 75.0 Å².